The second-order valence-corrected chi connectivity index (χ2v) is 8.78. The highest BCUT2D eigenvalue weighted by Gasteiger charge is 2.29. The van der Waals surface area contributed by atoms with Gasteiger partial charge in [-0.15, -0.1) is 16.8 Å². The molecule has 1 aliphatic heterocycles. The lowest BCUT2D eigenvalue weighted by Crippen LogP contribution is -2.35. The van der Waals surface area contributed by atoms with Crippen molar-refractivity contribution in [1.29, 1.82) is 0 Å². The molecule has 0 N–H and O–H groups in total. The highest BCUT2D eigenvalue weighted by atomic mass is 32.2. The van der Waals surface area contributed by atoms with Crippen LogP contribution in [0, 0.1) is 0 Å². The summed E-state index contributed by atoms with van der Waals surface area (Å²) in [5, 5.41) is 9.40. The lowest BCUT2D eigenvalue weighted by Gasteiger charge is -2.21. The van der Waals surface area contributed by atoms with Crippen molar-refractivity contribution in [2.24, 2.45) is 0 Å². The van der Waals surface area contributed by atoms with Gasteiger partial charge in [-0.1, -0.05) is 48.2 Å². The van der Waals surface area contributed by atoms with Gasteiger partial charge in [0.05, 0.1) is 16.2 Å². The first kappa shape index (κ1) is 19.6. The fraction of sp³-hybridized carbons (Fsp3) is 0.217. The Kier molecular flexibility index (Phi) is 4.86. The van der Waals surface area contributed by atoms with E-state index in [1.54, 1.807) is 16.7 Å². The number of para-hydroxylation sites is 2. The Morgan fingerprint density at radius 2 is 1.97 bits per heavy atom. The second kappa shape index (κ2) is 7.70. The van der Waals surface area contributed by atoms with Gasteiger partial charge in [-0.25, -0.2) is 0 Å². The number of nitrogens with zero attached hydrogens (tertiary/aromatic N) is 5. The summed E-state index contributed by atoms with van der Waals surface area (Å²) in [4.78, 5) is 28.0. The van der Waals surface area contributed by atoms with Crippen molar-refractivity contribution in [1.82, 2.24) is 19.2 Å². The summed E-state index contributed by atoms with van der Waals surface area (Å²) in [7, 11) is 0. The molecule has 4 aromatic rings. The van der Waals surface area contributed by atoms with Crippen LogP contribution >= 0.6 is 11.8 Å². The van der Waals surface area contributed by atoms with E-state index in [2.05, 4.69) is 22.8 Å². The van der Waals surface area contributed by atoms with Gasteiger partial charge >= 0.3 is 0 Å². The Hall–Kier alpha value is -3.39. The van der Waals surface area contributed by atoms with Gasteiger partial charge in [0.15, 0.2) is 5.16 Å². The van der Waals surface area contributed by atoms with Crippen LogP contribution < -0.4 is 10.5 Å². The summed E-state index contributed by atoms with van der Waals surface area (Å²) >= 11 is 1.35. The monoisotopic (exact) mass is 431 g/mol. The zero-order valence-corrected chi connectivity index (χ0v) is 17.9. The topological polar surface area (TPSA) is 72.5 Å². The van der Waals surface area contributed by atoms with Crippen LogP contribution in [-0.4, -0.2) is 36.9 Å². The highest BCUT2D eigenvalue weighted by Crippen LogP contribution is 2.31. The van der Waals surface area contributed by atoms with E-state index >= 15 is 0 Å². The molecule has 0 fully saturated rings. The molecule has 3 heterocycles. The molecule has 5 rings (SSSR count). The summed E-state index contributed by atoms with van der Waals surface area (Å²) in [5.41, 5.74) is 2.77. The minimum atomic E-state index is -0.364. The first-order valence-electron chi connectivity index (χ1n) is 10.1. The number of carbonyl (C=O) groups excluding carboxylic acids is 1. The van der Waals surface area contributed by atoms with Gasteiger partial charge in [0.25, 0.3) is 5.56 Å². The third-order valence-electron chi connectivity index (χ3n) is 5.57. The average Bonchev–Trinajstić information content (AvgIpc) is 3.41. The number of hydrogen-bond donors (Lipinski definition) is 0. The second-order valence-electron chi connectivity index (χ2n) is 7.47. The SMILES string of the molecule is C=CCn1c(=O)c2ccccc2n2c(SC(C)C(=O)N3CCc4ccccc43)nnc12. The Bertz CT molecular complexity index is 1390. The van der Waals surface area contributed by atoms with Crippen molar-refractivity contribution in [2.45, 2.75) is 30.3 Å². The number of benzene rings is 2. The fourth-order valence-corrected chi connectivity index (χ4v) is 5.02. The van der Waals surface area contributed by atoms with Crippen molar-refractivity contribution < 1.29 is 4.79 Å². The Labute approximate surface area is 183 Å². The number of rotatable bonds is 5. The summed E-state index contributed by atoms with van der Waals surface area (Å²) in [5.74, 6) is 0.479. The van der Waals surface area contributed by atoms with E-state index in [1.165, 1.54) is 17.3 Å². The first-order valence-corrected chi connectivity index (χ1v) is 11.0. The minimum Gasteiger partial charge on any atom is -0.311 e. The van der Waals surface area contributed by atoms with E-state index in [1.807, 2.05) is 52.6 Å². The molecule has 2 aromatic heterocycles. The van der Waals surface area contributed by atoms with Gasteiger partial charge in [-0.3, -0.25) is 18.6 Å². The third kappa shape index (κ3) is 3.14. The standard InChI is InChI=1S/C23H21N5O2S/c1-3-13-27-21(30)17-9-5-7-11-19(17)28-22(27)24-25-23(28)31-15(2)20(29)26-14-12-16-8-4-6-10-18(16)26/h3-11,15H,1,12-14H2,2H3. The van der Waals surface area contributed by atoms with E-state index in [4.69, 9.17) is 0 Å². The number of thioether (sulfide) groups is 1. The van der Waals surface area contributed by atoms with E-state index < -0.39 is 0 Å². The molecule has 0 aliphatic carbocycles. The molecule has 31 heavy (non-hydrogen) atoms. The average molecular weight is 432 g/mol. The molecule has 0 spiro atoms. The number of allylic oxidation sites excluding steroid dienone is 1. The van der Waals surface area contributed by atoms with Crippen LogP contribution in [0.5, 0.6) is 0 Å². The zero-order chi connectivity index (χ0) is 21.5. The van der Waals surface area contributed by atoms with E-state index in [0.29, 0.717) is 29.4 Å². The number of amides is 1. The van der Waals surface area contributed by atoms with Gasteiger partial charge in [-0.2, -0.15) is 0 Å². The maximum Gasteiger partial charge on any atom is 0.263 e. The molecule has 0 radical (unpaired) electrons. The van der Waals surface area contributed by atoms with Gasteiger partial charge < -0.3 is 4.90 Å². The van der Waals surface area contributed by atoms with Crippen LogP contribution in [-0.2, 0) is 17.8 Å². The number of carbonyl (C=O) groups is 1. The largest absolute Gasteiger partial charge is 0.311 e. The lowest BCUT2D eigenvalue weighted by molar-refractivity contribution is -0.117. The fourth-order valence-electron chi connectivity index (χ4n) is 4.10. The van der Waals surface area contributed by atoms with Crippen LogP contribution in [0.4, 0.5) is 5.69 Å². The van der Waals surface area contributed by atoms with Crippen LogP contribution in [0.3, 0.4) is 0 Å². The van der Waals surface area contributed by atoms with E-state index in [9.17, 15) is 9.59 Å². The molecule has 2 aromatic carbocycles. The van der Waals surface area contributed by atoms with Crippen LogP contribution in [0.25, 0.3) is 16.7 Å². The van der Waals surface area contributed by atoms with Gasteiger partial charge in [0, 0.05) is 18.8 Å². The van der Waals surface area contributed by atoms with Crippen molar-refractivity contribution in [3.05, 3.63) is 77.1 Å². The van der Waals surface area contributed by atoms with Gasteiger partial charge in [-0.05, 0) is 37.1 Å². The van der Waals surface area contributed by atoms with Crippen LogP contribution in [0.2, 0.25) is 0 Å². The number of aromatic nitrogens is 4. The molecule has 1 aliphatic rings. The first-order chi connectivity index (χ1) is 15.1. The number of anilines is 1. The summed E-state index contributed by atoms with van der Waals surface area (Å²) in [6.07, 6.45) is 2.53. The highest BCUT2D eigenvalue weighted by molar-refractivity contribution is 8.00. The lowest BCUT2D eigenvalue weighted by atomic mass is 10.2. The van der Waals surface area contributed by atoms with E-state index in [0.717, 1.165) is 17.6 Å². The molecule has 1 amide bonds. The Morgan fingerprint density at radius 3 is 2.81 bits per heavy atom. The molecule has 8 heteroatoms. The molecular weight excluding hydrogens is 410 g/mol. The maximum atomic E-state index is 13.2. The molecular formula is C23H21N5O2S. The molecule has 0 saturated carbocycles. The van der Waals surface area contributed by atoms with E-state index in [-0.39, 0.29) is 16.7 Å². The van der Waals surface area contributed by atoms with Gasteiger partial charge in [0.1, 0.15) is 0 Å². The van der Waals surface area contributed by atoms with Crippen LogP contribution in [0.1, 0.15) is 12.5 Å². The van der Waals surface area contributed by atoms with Gasteiger partial charge in [0.2, 0.25) is 11.7 Å². The number of fused-ring (bicyclic) bond motifs is 4. The summed E-state index contributed by atoms with van der Waals surface area (Å²) in [6.45, 7) is 6.65. The summed E-state index contributed by atoms with van der Waals surface area (Å²) < 4.78 is 3.40. The molecule has 0 saturated heterocycles. The predicted octanol–water partition coefficient (Wildman–Crippen LogP) is 3.30. The molecule has 0 bridgehead atoms. The molecule has 7 nitrogen and oxygen atoms in total. The molecule has 1 unspecified atom stereocenters. The smallest absolute Gasteiger partial charge is 0.263 e. The van der Waals surface area contributed by atoms with Crippen molar-refractivity contribution in [2.75, 3.05) is 11.4 Å². The number of hydrogen-bond acceptors (Lipinski definition) is 5. The summed E-state index contributed by atoms with van der Waals surface area (Å²) in [6, 6.07) is 15.4. The molecule has 156 valence electrons. The minimum absolute atomic E-state index is 0.0374. The van der Waals surface area contributed by atoms with Crippen molar-refractivity contribution in [3.8, 4) is 0 Å². The van der Waals surface area contributed by atoms with Crippen molar-refractivity contribution in [3.63, 3.8) is 0 Å². The zero-order valence-electron chi connectivity index (χ0n) is 17.1. The van der Waals surface area contributed by atoms with Crippen molar-refractivity contribution >= 4 is 40.0 Å². The Balaban J connectivity index is 1.55. The normalized spacial score (nSPS) is 14.2. The Morgan fingerprint density at radius 1 is 1.19 bits per heavy atom. The van der Waals surface area contributed by atoms with Crippen LogP contribution in [0.15, 0.2) is 71.1 Å². The quantitative estimate of drug-likeness (QED) is 0.358. The maximum absolute atomic E-state index is 13.2. The predicted molar refractivity (Wildman–Crippen MR) is 123 cm³/mol. The molecule has 1 atom stereocenters. The third-order valence-corrected chi connectivity index (χ3v) is 6.60.